The molecular weight excluding hydrogens is 150 g/mol. The minimum absolute atomic E-state index is 0.846. The fraction of sp³-hybridized carbons (Fsp3) is 1.00. The van der Waals surface area contributed by atoms with Gasteiger partial charge in [-0.1, -0.05) is 25.7 Å². The Bertz CT molecular complexity index is 66.2. The van der Waals surface area contributed by atoms with E-state index in [9.17, 15) is 0 Å². The largest absolute Gasteiger partial charge is 0.382 e. The molecule has 0 amide bonds. The Labute approximate surface area is 76.5 Å². The number of unbranched alkanes of at least 4 members (excludes halogenated alkanes) is 5. The molecule has 0 saturated carbocycles. The van der Waals surface area contributed by atoms with Gasteiger partial charge in [0.05, 0.1) is 0 Å². The van der Waals surface area contributed by atoms with Crippen molar-refractivity contribution in [3.05, 3.63) is 0 Å². The molecular formula is C10H23NO. The molecule has 0 fully saturated rings. The highest BCUT2D eigenvalue weighted by atomic mass is 16.5. The smallest absolute Gasteiger partial charge is 0.0465 e. The van der Waals surface area contributed by atoms with Crippen molar-refractivity contribution in [2.45, 2.75) is 45.4 Å². The van der Waals surface area contributed by atoms with Crippen molar-refractivity contribution in [1.82, 2.24) is 0 Å². The Hall–Kier alpha value is -0.0800. The molecule has 0 aromatic carbocycles. The van der Waals surface area contributed by atoms with Crippen LogP contribution >= 0.6 is 0 Å². The summed E-state index contributed by atoms with van der Waals surface area (Å²) in [5.41, 5.74) is 5.39. The Morgan fingerprint density at radius 2 is 1.50 bits per heavy atom. The van der Waals surface area contributed by atoms with Crippen molar-refractivity contribution >= 4 is 0 Å². The Morgan fingerprint density at radius 3 is 2.08 bits per heavy atom. The van der Waals surface area contributed by atoms with Gasteiger partial charge in [-0.2, -0.15) is 0 Å². The molecule has 0 radical (unpaired) electrons. The van der Waals surface area contributed by atoms with Gasteiger partial charge in [0.25, 0.3) is 0 Å². The summed E-state index contributed by atoms with van der Waals surface area (Å²) in [5, 5.41) is 0. The van der Waals surface area contributed by atoms with Gasteiger partial charge in [-0.15, -0.1) is 0 Å². The second-order valence-corrected chi connectivity index (χ2v) is 3.11. The summed E-state index contributed by atoms with van der Waals surface area (Å²) in [6.07, 6.45) is 7.69. The predicted octanol–water partition coefficient (Wildman–Crippen LogP) is 2.32. The Kier molecular flexibility index (Phi) is 10.8. The van der Waals surface area contributed by atoms with Crippen LogP contribution in [0.4, 0.5) is 0 Å². The quantitative estimate of drug-likeness (QED) is 0.543. The minimum atomic E-state index is 0.846. The molecule has 0 heterocycles. The molecule has 0 aromatic heterocycles. The molecule has 0 aliphatic carbocycles. The lowest BCUT2D eigenvalue weighted by Gasteiger charge is -2.01. The van der Waals surface area contributed by atoms with E-state index >= 15 is 0 Å². The van der Waals surface area contributed by atoms with Crippen molar-refractivity contribution in [2.75, 3.05) is 19.8 Å². The molecule has 74 valence electrons. The van der Waals surface area contributed by atoms with E-state index in [1.807, 2.05) is 6.92 Å². The van der Waals surface area contributed by atoms with Crippen LogP contribution in [0.15, 0.2) is 0 Å². The van der Waals surface area contributed by atoms with Crippen molar-refractivity contribution < 1.29 is 4.74 Å². The lowest BCUT2D eigenvalue weighted by atomic mass is 10.1. The average molecular weight is 173 g/mol. The highest BCUT2D eigenvalue weighted by molar-refractivity contribution is 4.45. The van der Waals surface area contributed by atoms with Crippen LogP contribution in [0, 0.1) is 0 Å². The van der Waals surface area contributed by atoms with Crippen LogP contribution < -0.4 is 5.73 Å². The predicted molar refractivity (Wildman–Crippen MR) is 53.2 cm³/mol. The first-order valence-electron chi connectivity index (χ1n) is 5.19. The first kappa shape index (κ1) is 11.9. The van der Waals surface area contributed by atoms with E-state index in [2.05, 4.69) is 0 Å². The maximum atomic E-state index is 5.39. The summed E-state index contributed by atoms with van der Waals surface area (Å²) in [5.74, 6) is 0. The molecule has 0 bridgehead atoms. The number of hydrogen-bond donors (Lipinski definition) is 1. The van der Waals surface area contributed by atoms with Crippen LogP contribution in [0.1, 0.15) is 45.4 Å². The highest BCUT2D eigenvalue weighted by Gasteiger charge is 1.90. The van der Waals surface area contributed by atoms with Crippen molar-refractivity contribution in [2.24, 2.45) is 5.73 Å². The summed E-state index contributed by atoms with van der Waals surface area (Å²) in [7, 11) is 0. The van der Waals surface area contributed by atoms with E-state index in [-0.39, 0.29) is 0 Å². The minimum Gasteiger partial charge on any atom is -0.382 e. The Morgan fingerprint density at radius 1 is 0.917 bits per heavy atom. The van der Waals surface area contributed by atoms with Gasteiger partial charge < -0.3 is 10.5 Å². The van der Waals surface area contributed by atoms with Gasteiger partial charge in [-0.05, 0) is 26.3 Å². The second kappa shape index (κ2) is 10.9. The lowest BCUT2D eigenvalue weighted by Crippen LogP contribution is -1.97. The zero-order chi connectivity index (χ0) is 9.07. The molecule has 0 aliphatic rings. The van der Waals surface area contributed by atoms with E-state index < -0.39 is 0 Å². The average Bonchev–Trinajstić information content (AvgIpc) is 2.10. The first-order chi connectivity index (χ1) is 5.91. The van der Waals surface area contributed by atoms with Gasteiger partial charge >= 0.3 is 0 Å². The molecule has 0 aliphatic heterocycles. The van der Waals surface area contributed by atoms with Gasteiger partial charge in [0.1, 0.15) is 0 Å². The van der Waals surface area contributed by atoms with E-state index in [4.69, 9.17) is 10.5 Å². The molecule has 2 heteroatoms. The number of rotatable bonds is 9. The second-order valence-electron chi connectivity index (χ2n) is 3.11. The highest BCUT2D eigenvalue weighted by Crippen LogP contribution is 2.04. The standard InChI is InChI=1S/C10H23NO/c1-2-12-10-8-6-4-3-5-7-9-11/h2-11H2,1H3. The third-order valence-electron chi connectivity index (χ3n) is 1.95. The van der Waals surface area contributed by atoms with Crippen LogP contribution in [0.2, 0.25) is 0 Å². The molecule has 0 saturated heterocycles. The van der Waals surface area contributed by atoms with Crippen molar-refractivity contribution in [3.63, 3.8) is 0 Å². The maximum Gasteiger partial charge on any atom is 0.0465 e. The summed E-state index contributed by atoms with van der Waals surface area (Å²) in [6, 6.07) is 0. The summed E-state index contributed by atoms with van der Waals surface area (Å²) in [4.78, 5) is 0. The normalized spacial score (nSPS) is 10.5. The first-order valence-corrected chi connectivity index (χ1v) is 5.19. The summed E-state index contributed by atoms with van der Waals surface area (Å²) >= 11 is 0. The van der Waals surface area contributed by atoms with Gasteiger partial charge in [0, 0.05) is 13.2 Å². The SMILES string of the molecule is CCOCCCCCCCCN. The van der Waals surface area contributed by atoms with Crippen LogP contribution in [0.5, 0.6) is 0 Å². The van der Waals surface area contributed by atoms with E-state index in [1.165, 1.54) is 38.5 Å². The molecule has 0 spiro atoms. The van der Waals surface area contributed by atoms with Gasteiger partial charge in [0.15, 0.2) is 0 Å². The summed E-state index contributed by atoms with van der Waals surface area (Å²) in [6.45, 7) is 4.68. The maximum absolute atomic E-state index is 5.39. The molecule has 0 rings (SSSR count). The summed E-state index contributed by atoms with van der Waals surface area (Å²) < 4.78 is 5.24. The monoisotopic (exact) mass is 173 g/mol. The molecule has 0 aromatic rings. The van der Waals surface area contributed by atoms with Gasteiger partial charge in [0.2, 0.25) is 0 Å². The third-order valence-corrected chi connectivity index (χ3v) is 1.95. The molecule has 0 atom stereocenters. The molecule has 2 N–H and O–H groups in total. The number of hydrogen-bond acceptors (Lipinski definition) is 2. The van der Waals surface area contributed by atoms with Crippen LogP contribution in [0.25, 0.3) is 0 Å². The third kappa shape index (κ3) is 9.92. The fourth-order valence-corrected chi connectivity index (χ4v) is 1.20. The zero-order valence-electron chi connectivity index (χ0n) is 8.35. The number of nitrogens with two attached hydrogens (primary N) is 1. The molecule has 2 nitrogen and oxygen atoms in total. The van der Waals surface area contributed by atoms with Crippen molar-refractivity contribution in [3.8, 4) is 0 Å². The topological polar surface area (TPSA) is 35.2 Å². The van der Waals surface area contributed by atoms with Crippen LogP contribution in [-0.4, -0.2) is 19.8 Å². The van der Waals surface area contributed by atoms with Crippen molar-refractivity contribution in [1.29, 1.82) is 0 Å². The molecule has 0 unspecified atom stereocenters. The molecule has 12 heavy (non-hydrogen) atoms. The van der Waals surface area contributed by atoms with Crippen LogP contribution in [-0.2, 0) is 4.74 Å². The fourth-order valence-electron chi connectivity index (χ4n) is 1.20. The van der Waals surface area contributed by atoms with Gasteiger partial charge in [-0.3, -0.25) is 0 Å². The van der Waals surface area contributed by atoms with E-state index in [1.54, 1.807) is 0 Å². The zero-order valence-corrected chi connectivity index (χ0v) is 8.35. The van der Waals surface area contributed by atoms with E-state index in [0.29, 0.717) is 0 Å². The number of ether oxygens (including phenoxy) is 1. The van der Waals surface area contributed by atoms with Gasteiger partial charge in [-0.25, -0.2) is 0 Å². The Balaban J connectivity index is 2.73. The van der Waals surface area contributed by atoms with E-state index in [0.717, 1.165) is 19.8 Å². The lowest BCUT2D eigenvalue weighted by molar-refractivity contribution is 0.143. The van der Waals surface area contributed by atoms with Crippen LogP contribution in [0.3, 0.4) is 0 Å².